The normalized spacial score (nSPS) is 10.7. The number of methoxy groups -OCH3 is 1. The number of hydrogen-bond donors (Lipinski definition) is 1. The van der Waals surface area contributed by atoms with Crippen molar-refractivity contribution in [2.45, 2.75) is 13.8 Å². The number of hydrogen-bond acceptors (Lipinski definition) is 9. The van der Waals surface area contributed by atoms with Gasteiger partial charge in [-0.25, -0.2) is 14.4 Å². The van der Waals surface area contributed by atoms with E-state index in [0.717, 1.165) is 11.3 Å². The fourth-order valence-electron chi connectivity index (χ4n) is 2.92. The summed E-state index contributed by atoms with van der Waals surface area (Å²) in [4.78, 5) is 50.3. The van der Waals surface area contributed by atoms with Gasteiger partial charge in [0.1, 0.15) is 27.6 Å². The second kappa shape index (κ2) is 10.2. The summed E-state index contributed by atoms with van der Waals surface area (Å²) in [5.74, 6) is -2.16. The van der Waals surface area contributed by atoms with Crippen LogP contribution in [0.1, 0.15) is 42.9 Å². The van der Waals surface area contributed by atoms with Crippen molar-refractivity contribution in [2.75, 3.05) is 32.2 Å². The molecule has 0 radical (unpaired) electrons. The highest BCUT2D eigenvalue weighted by atomic mass is 32.1. The molecule has 32 heavy (non-hydrogen) atoms. The van der Waals surface area contributed by atoms with Crippen molar-refractivity contribution >= 4 is 45.2 Å². The molecule has 3 aromatic rings. The van der Waals surface area contributed by atoms with Gasteiger partial charge in [0.25, 0.3) is 5.91 Å². The summed E-state index contributed by atoms with van der Waals surface area (Å²) in [5.41, 5.74) is -0.403. The first kappa shape index (κ1) is 23.2. The second-order valence-electron chi connectivity index (χ2n) is 6.55. The fourth-order valence-corrected chi connectivity index (χ4v) is 4.00. The topological polar surface area (TPSA) is 121 Å². The van der Waals surface area contributed by atoms with Crippen LogP contribution in [0.2, 0.25) is 0 Å². The van der Waals surface area contributed by atoms with Crippen LogP contribution in [0.3, 0.4) is 0 Å². The van der Waals surface area contributed by atoms with Crippen molar-refractivity contribution in [1.82, 2.24) is 0 Å². The number of anilines is 1. The van der Waals surface area contributed by atoms with Gasteiger partial charge in [0.05, 0.1) is 18.8 Å². The van der Waals surface area contributed by atoms with Gasteiger partial charge in [-0.1, -0.05) is 18.2 Å². The lowest BCUT2D eigenvalue weighted by Gasteiger charge is -2.07. The molecule has 1 aromatic carbocycles. The minimum atomic E-state index is -0.827. The molecule has 168 valence electrons. The first-order valence-corrected chi connectivity index (χ1v) is 10.5. The molecule has 1 N–H and O–H groups in total. The monoisotopic (exact) mass is 459 g/mol. The molecule has 0 unspecified atom stereocenters. The van der Waals surface area contributed by atoms with Crippen LogP contribution in [-0.4, -0.2) is 44.8 Å². The maximum Gasteiger partial charge on any atom is 0.349 e. The van der Waals surface area contributed by atoms with Crippen molar-refractivity contribution in [3.05, 3.63) is 62.3 Å². The molecule has 0 saturated carbocycles. The van der Waals surface area contributed by atoms with Gasteiger partial charge in [-0.2, -0.15) is 0 Å². The molecule has 0 aliphatic rings. The number of benzene rings is 1. The number of carbonyl (C=O) groups excluding carboxylic acids is 3. The van der Waals surface area contributed by atoms with Crippen LogP contribution < -0.4 is 10.9 Å². The van der Waals surface area contributed by atoms with E-state index in [0.29, 0.717) is 16.5 Å². The number of esters is 2. The summed E-state index contributed by atoms with van der Waals surface area (Å²) in [5, 5.41) is 3.17. The fraction of sp³-hybridized carbons (Fsp3) is 0.273. The highest BCUT2D eigenvalue weighted by Gasteiger charge is 2.28. The predicted molar refractivity (Wildman–Crippen MR) is 118 cm³/mol. The predicted octanol–water partition coefficient (Wildman–Crippen LogP) is 3.40. The molecule has 1 amide bonds. The van der Waals surface area contributed by atoms with Crippen LogP contribution >= 0.6 is 11.3 Å². The molecule has 9 nitrogen and oxygen atoms in total. The van der Waals surface area contributed by atoms with Crippen molar-refractivity contribution in [3.63, 3.8) is 0 Å². The number of thiophene rings is 1. The van der Waals surface area contributed by atoms with E-state index in [1.165, 1.54) is 13.2 Å². The summed E-state index contributed by atoms with van der Waals surface area (Å²) >= 11 is 0.858. The molecule has 0 spiro atoms. The van der Waals surface area contributed by atoms with Crippen molar-refractivity contribution in [1.29, 1.82) is 0 Å². The molecule has 0 atom stereocenters. The van der Waals surface area contributed by atoms with E-state index in [9.17, 15) is 19.2 Å². The SMILES string of the molecule is CCOC(=O)c1c(NC(=O)c2cc3ccccc3oc2=O)sc(C(=O)OCCOC)c1C. The lowest BCUT2D eigenvalue weighted by molar-refractivity contribution is 0.0392. The summed E-state index contributed by atoms with van der Waals surface area (Å²) in [6.45, 7) is 3.53. The lowest BCUT2D eigenvalue weighted by Crippen LogP contribution is -2.21. The van der Waals surface area contributed by atoms with Crippen molar-refractivity contribution in [2.24, 2.45) is 0 Å². The van der Waals surface area contributed by atoms with Crippen LogP contribution in [0, 0.1) is 6.92 Å². The van der Waals surface area contributed by atoms with Gasteiger partial charge in [-0.05, 0) is 31.5 Å². The number of amides is 1. The van der Waals surface area contributed by atoms with Gasteiger partial charge in [0.15, 0.2) is 0 Å². The van der Waals surface area contributed by atoms with Crippen LogP contribution in [0.25, 0.3) is 11.0 Å². The molecule has 0 aliphatic carbocycles. The molecule has 0 aliphatic heterocycles. The summed E-state index contributed by atoms with van der Waals surface area (Å²) in [6.07, 6.45) is 0. The second-order valence-corrected chi connectivity index (χ2v) is 7.57. The summed E-state index contributed by atoms with van der Waals surface area (Å²) in [7, 11) is 1.47. The van der Waals surface area contributed by atoms with Crippen LogP contribution in [0.15, 0.2) is 39.5 Å². The average molecular weight is 459 g/mol. The van der Waals surface area contributed by atoms with Crippen LogP contribution in [0.5, 0.6) is 0 Å². The zero-order chi connectivity index (χ0) is 23.3. The molecule has 3 rings (SSSR count). The Hall–Kier alpha value is -3.50. The number of nitrogens with one attached hydrogen (secondary N) is 1. The van der Waals surface area contributed by atoms with E-state index in [-0.39, 0.29) is 40.8 Å². The van der Waals surface area contributed by atoms with E-state index >= 15 is 0 Å². The Kier molecular flexibility index (Phi) is 7.39. The van der Waals surface area contributed by atoms with Crippen LogP contribution in [-0.2, 0) is 14.2 Å². The molecule has 2 heterocycles. The summed E-state index contributed by atoms with van der Waals surface area (Å²) in [6, 6.07) is 8.16. The van der Waals surface area contributed by atoms with E-state index in [1.54, 1.807) is 38.1 Å². The molecular formula is C22H21NO8S. The first-order chi connectivity index (χ1) is 15.4. The van der Waals surface area contributed by atoms with E-state index in [1.807, 2.05) is 0 Å². The van der Waals surface area contributed by atoms with Gasteiger partial charge in [-0.3, -0.25) is 4.79 Å². The number of ether oxygens (including phenoxy) is 3. The minimum absolute atomic E-state index is 0.0223. The molecule has 10 heteroatoms. The summed E-state index contributed by atoms with van der Waals surface area (Å²) < 4.78 is 20.3. The van der Waals surface area contributed by atoms with E-state index in [2.05, 4.69) is 5.32 Å². The van der Waals surface area contributed by atoms with Crippen LogP contribution in [0.4, 0.5) is 5.00 Å². The maximum absolute atomic E-state index is 12.9. The Morgan fingerprint density at radius 3 is 2.56 bits per heavy atom. The molecule has 0 saturated heterocycles. The van der Waals surface area contributed by atoms with Gasteiger partial charge < -0.3 is 23.9 Å². The standard InChI is InChI=1S/C22H21NO8S/c1-4-29-21(26)16-12(2)17(22(27)30-10-9-28-3)32-19(16)23-18(24)14-11-13-7-5-6-8-15(13)31-20(14)25/h5-8,11H,4,9-10H2,1-3H3,(H,23,24). The molecule has 2 aromatic heterocycles. The van der Waals surface area contributed by atoms with Crippen molar-refractivity contribution in [3.8, 4) is 0 Å². The Bertz CT molecular complexity index is 1230. The average Bonchev–Trinajstić information content (AvgIpc) is 3.09. The van der Waals surface area contributed by atoms with E-state index < -0.39 is 23.5 Å². The number of para-hydroxylation sites is 1. The number of fused-ring (bicyclic) bond motifs is 1. The number of rotatable bonds is 8. The Labute approximate surface area is 186 Å². The quantitative estimate of drug-likeness (QED) is 0.309. The van der Waals surface area contributed by atoms with Gasteiger partial charge in [-0.15, -0.1) is 11.3 Å². The lowest BCUT2D eigenvalue weighted by atomic mass is 10.1. The maximum atomic E-state index is 12.9. The Morgan fingerprint density at radius 1 is 1.09 bits per heavy atom. The van der Waals surface area contributed by atoms with Crippen molar-refractivity contribution < 1.29 is 33.0 Å². The third kappa shape index (κ3) is 4.87. The first-order valence-electron chi connectivity index (χ1n) is 9.68. The minimum Gasteiger partial charge on any atom is -0.462 e. The third-order valence-corrected chi connectivity index (χ3v) is 5.63. The smallest absolute Gasteiger partial charge is 0.349 e. The highest BCUT2D eigenvalue weighted by Crippen LogP contribution is 2.34. The number of carbonyl (C=O) groups is 3. The zero-order valence-corrected chi connectivity index (χ0v) is 18.5. The zero-order valence-electron chi connectivity index (χ0n) is 17.7. The molecule has 0 bridgehead atoms. The molecular weight excluding hydrogens is 438 g/mol. The Balaban J connectivity index is 1.97. The molecule has 0 fully saturated rings. The highest BCUT2D eigenvalue weighted by molar-refractivity contribution is 7.18. The largest absolute Gasteiger partial charge is 0.462 e. The third-order valence-electron chi connectivity index (χ3n) is 4.45. The Morgan fingerprint density at radius 2 is 1.84 bits per heavy atom. The van der Waals surface area contributed by atoms with Gasteiger partial charge >= 0.3 is 17.6 Å². The van der Waals surface area contributed by atoms with E-state index in [4.69, 9.17) is 18.6 Å². The van der Waals surface area contributed by atoms with Gasteiger partial charge in [0.2, 0.25) is 0 Å². The van der Waals surface area contributed by atoms with Gasteiger partial charge in [0, 0.05) is 12.5 Å².